The number of nitrogens with one attached hydrogen (secondary N) is 1. The van der Waals surface area contributed by atoms with Crippen molar-refractivity contribution in [3.63, 3.8) is 0 Å². The number of carbonyl (C=O) groups is 2. The van der Waals surface area contributed by atoms with E-state index in [9.17, 15) is 9.59 Å². The quantitative estimate of drug-likeness (QED) is 0.718. The van der Waals surface area contributed by atoms with Crippen LogP contribution >= 0.6 is 0 Å². The fraction of sp³-hybridized carbons (Fsp3) is 0.400. The van der Waals surface area contributed by atoms with Crippen molar-refractivity contribution >= 4 is 11.9 Å². The SMILES string of the molecule is CCc1oc(C(=O)NCc2ccc(C(=O)O)cc2)cc1CN(CC)CC. The van der Waals surface area contributed by atoms with Gasteiger partial charge in [-0.3, -0.25) is 9.69 Å². The first-order valence-corrected chi connectivity index (χ1v) is 8.92. The summed E-state index contributed by atoms with van der Waals surface area (Å²) in [6.45, 7) is 9.19. The minimum atomic E-state index is -0.969. The molecule has 2 N–H and O–H groups in total. The maximum atomic E-state index is 12.4. The summed E-state index contributed by atoms with van der Waals surface area (Å²) in [6.07, 6.45) is 0.737. The number of carboxylic acids is 1. The van der Waals surface area contributed by atoms with Crippen molar-refractivity contribution in [3.05, 3.63) is 58.5 Å². The van der Waals surface area contributed by atoms with E-state index in [-0.39, 0.29) is 11.5 Å². The lowest BCUT2D eigenvalue weighted by Crippen LogP contribution is -2.23. The first-order valence-electron chi connectivity index (χ1n) is 8.92. The van der Waals surface area contributed by atoms with Gasteiger partial charge in [0.05, 0.1) is 5.56 Å². The second-order valence-corrected chi connectivity index (χ2v) is 6.06. The smallest absolute Gasteiger partial charge is 0.335 e. The first-order chi connectivity index (χ1) is 12.5. The van der Waals surface area contributed by atoms with Gasteiger partial charge in [-0.1, -0.05) is 32.9 Å². The Balaban J connectivity index is 2.02. The highest BCUT2D eigenvalue weighted by Crippen LogP contribution is 2.18. The third-order valence-corrected chi connectivity index (χ3v) is 4.38. The van der Waals surface area contributed by atoms with Crippen LogP contribution in [0.4, 0.5) is 0 Å². The number of carbonyl (C=O) groups excluding carboxylic acids is 1. The van der Waals surface area contributed by atoms with Gasteiger partial charge in [0, 0.05) is 25.1 Å². The zero-order chi connectivity index (χ0) is 19.1. The predicted octanol–water partition coefficient (Wildman–Crippen LogP) is 3.31. The van der Waals surface area contributed by atoms with Crippen LogP contribution in [-0.4, -0.2) is 35.0 Å². The number of hydrogen-bond donors (Lipinski definition) is 2. The van der Waals surface area contributed by atoms with Gasteiger partial charge in [-0.25, -0.2) is 4.79 Å². The van der Waals surface area contributed by atoms with Gasteiger partial charge in [-0.15, -0.1) is 0 Å². The summed E-state index contributed by atoms with van der Waals surface area (Å²) < 4.78 is 5.74. The molecule has 0 radical (unpaired) electrons. The van der Waals surface area contributed by atoms with Gasteiger partial charge in [0.2, 0.25) is 0 Å². The van der Waals surface area contributed by atoms with E-state index in [0.717, 1.165) is 42.9 Å². The summed E-state index contributed by atoms with van der Waals surface area (Å²) in [7, 11) is 0. The van der Waals surface area contributed by atoms with E-state index < -0.39 is 5.97 Å². The van der Waals surface area contributed by atoms with Crippen molar-refractivity contribution in [1.29, 1.82) is 0 Å². The van der Waals surface area contributed by atoms with Gasteiger partial charge in [-0.2, -0.15) is 0 Å². The Morgan fingerprint density at radius 1 is 1.12 bits per heavy atom. The number of amides is 1. The van der Waals surface area contributed by atoms with E-state index in [1.807, 2.05) is 13.0 Å². The van der Waals surface area contributed by atoms with Crippen LogP contribution < -0.4 is 5.32 Å². The fourth-order valence-electron chi connectivity index (χ4n) is 2.73. The Morgan fingerprint density at radius 2 is 1.77 bits per heavy atom. The van der Waals surface area contributed by atoms with Crippen molar-refractivity contribution < 1.29 is 19.1 Å². The van der Waals surface area contributed by atoms with E-state index in [2.05, 4.69) is 24.1 Å². The molecule has 0 saturated carbocycles. The van der Waals surface area contributed by atoms with Crippen LogP contribution in [0.3, 0.4) is 0 Å². The molecule has 26 heavy (non-hydrogen) atoms. The van der Waals surface area contributed by atoms with Crippen LogP contribution in [0.1, 0.15) is 58.6 Å². The number of benzene rings is 1. The Hall–Kier alpha value is -2.60. The lowest BCUT2D eigenvalue weighted by atomic mass is 10.1. The lowest BCUT2D eigenvalue weighted by Gasteiger charge is -2.17. The number of carboxylic acid groups (broad SMARTS) is 1. The zero-order valence-electron chi connectivity index (χ0n) is 15.5. The highest BCUT2D eigenvalue weighted by atomic mass is 16.4. The largest absolute Gasteiger partial charge is 0.478 e. The summed E-state index contributed by atoms with van der Waals surface area (Å²) in [6, 6.07) is 8.24. The van der Waals surface area contributed by atoms with Crippen LogP contribution in [-0.2, 0) is 19.5 Å². The molecule has 0 aliphatic heterocycles. The van der Waals surface area contributed by atoms with Crippen LogP contribution in [0.25, 0.3) is 0 Å². The van der Waals surface area contributed by atoms with Crippen molar-refractivity contribution in [2.24, 2.45) is 0 Å². The molecule has 0 spiro atoms. The predicted molar refractivity (Wildman–Crippen MR) is 99.3 cm³/mol. The fourth-order valence-corrected chi connectivity index (χ4v) is 2.73. The average Bonchev–Trinajstić information content (AvgIpc) is 3.07. The summed E-state index contributed by atoms with van der Waals surface area (Å²) in [4.78, 5) is 25.5. The summed E-state index contributed by atoms with van der Waals surface area (Å²) in [5, 5.41) is 11.7. The summed E-state index contributed by atoms with van der Waals surface area (Å²) in [5.41, 5.74) is 2.10. The maximum absolute atomic E-state index is 12.4. The number of nitrogens with zero attached hydrogens (tertiary/aromatic N) is 1. The van der Waals surface area contributed by atoms with Crippen molar-refractivity contribution in [2.75, 3.05) is 13.1 Å². The molecule has 0 saturated heterocycles. The van der Waals surface area contributed by atoms with Gasteiger partial charge in [0.25, 0.3) is 5.91 Å². The van der Waals surface area contributed by atoms with Gasteiger partial charge >= 0.3 is 5.97 Å². The normalized spacial score (nSPS) is 10.9. The molecule has 1 aromatic heterocycles. The van der Waals surface area contributed by atoms with E-state index in [1.165, 1.54) is 12.1 Å². The number of furan rings is 1. The molecule has 0 bridgehead atoms. The van der Waals surface area contributed by atoms with Crippen molar-refractivity contribution in [3.8, 4) is 0 Å². The van der Waals surface area contributed by atoms with Gasteiger partial charge in [0.15, 0.2) is 5.76 Å². The Kier molecular flexibility index (Phi) is 6.97. The average molecular weight is 358 g/mol. The molecule has 1 heterocycles. The van der Waals surface area contributed by atoms with E-state index in [1.54, 1.807) is 12.1 Å². The number of hydrogen-bond acceptors (Lipinski definition) is 4. The molecule has 0 unspecified atom stereocenters. The van der Waals surface area contributed by atoms with Crippen LogP contribution in [0, 0.1) is 0 Å². The molecule has 2 aromatic rings. The maximum Gasteiger partial charge on any atom is 0.335 e. The second kappa shape index (κ2) is 9.20. The molecule has 0 aliphatic carbocycles. The topological polar surface area (TPSA) is 82.8 Å². The Morgan fingerprint density at radius 3 is 2.31 bits per heavy atom. The Bertz CT molecular complexity index is 746. The zero-order valence-corrected chi connectivity index (χ0v) is 15.5. The Labute approximate surface area is 153 Å². The summed E-state index contributed by atoms with van der Waals surface area (Å²) in [5.74, 6) is -0.0872. The molecule has 0 atom stereocenters. The molecule has 6 nitrogen and oxygen atoms in total. The first kappa shape index (κ1) is 19.7. The molecule has 140 valence electrons. The lowest BCUT2D eigenvalue weighted by molar-refractivity contribution is 0.0696. The highest BCUT2D eigenvalue weighted by molar-refractivity contribution is 5.91. The van der Waals surface area contributed by atoms with E-state index >= 15 is 0 Å². The molecule has 6 heteroatoms. The third kappa shape index (κ3) is 4.95. The third-order valence-electron chi connectivity index (χ3n) is 4.38. The van der Waals surface area contributed by atoms with Crippen LogP contribution in [0.15, 0.2) is 34.7 Å². The van der Waals surface area contributed by atoms with Crippen LogP contribution in [0.5, 0.6) is 0 Å². The standard InChI is InChI=1S/C20H26N2O4/c1-4-17-16(13-22(5-2)6-3)11-18(26-17)19(23)21-12-14-7-9-15(10-8-14)20(24)25/h7-11H,4-6,12-13H2,1-3H3,(H,21,23)(H,24,25). The molecular weight excluding hydrogens is 332 g/mol. The molecule has 0 fully saturated rings. The number of aryl methyl sites for hydroxylation is 1. The molecule has 1 amide bonds. The van der Waals surface area contributed by atoms with Gasteiger partial charge < -0.3 is 14.8 Å². The minimum absolute atomic E-state index is 0.222. The number of aromatic carboxylic acids is 1. The van der Waals surface area contributed by atoms with Crippen molar-refractivity contribution in [1.82, 2.24) is 10.2 Å². The minimum Gasteiger partial charge on any atom is -0.478 e. The molecular formula is C20H26N2O4. The number of rotatable bonds is 9. The van der Waals surface area contributed by atoms with Crippen molar-refractivity contribution in [2.45, 2.75) is 40.3 Å². The second-order valence-electron chi connectivity index (χ2n) is 6.06. The monoisotopic (exact) mass is 358 g/mol. The van der Waals surface area contributed by atoms with Crippen LogP contribution in [0.2, 0.25) is 0 Å². The van der Waals surface area contributed by atoms with Gasteiger partial charge in [-0.05, 0) is 36.9 Å². The molecule has 1 aromatic carbocycles. The molecule has 0 aliphatic rings. The highest BCUT2D eigenvalue weighted by Gasteiger charge is 2.17. The van der Waals surface area contributed by atoms with E-state index in [4.69, 9.17) is 9.52 Å². The molecule has 2 rings (SSSR count). The van der Waals surface area contributed by atoms with E-state index in [0.29, 0.717) is 12.3 Å². The van der Waals surface area contributed by atoms with Gasteiger partial charge in [0.1, 0.15) is 5.76 Å². The summed E-state index contributed by atoms with van der Waals surface area (Å²) >= 11 is 0.